The summed E-state index contributed by atoms with van der Waals surface area (Å²) in [6, 6.07) is 6.69. The molecule has 0 saturated carbocycles. The first-order chi connectivity index (χ1) is 10.1. The number of rotatable bonds is 2. The molecule has 2 aromatic carbocycles. The quantitative estimate of drug-likeness (QED) is 0.673. The Hall–Kier alpha value is -2.18. The molecular weight excluding hydrogens is 310 g/mol. The molecule has 0 N–H and O–H groups in total. The zero-order valence-corrected chi connectivity index (χ0v) is 11.2. The molecule has 0 unspecified atom stereocenters. The third-order valence-corrected chi connectivity index (χ3v) is 3.05. The molecule has 0 aromatic heterocycles. The van der Waals surface area contributed by atoms with Gasteiger partial charge in [-0.05, 0) is 35.9 Å². The fourth-order valence-corrected chi connectivity index (χ4v) is 1.95. The van der Waals surface area contributed by atoms with E-state index in [0.29, 0.717) is 0 Å². The summed E-state index contributed by atoms with van der Waals surface area (Å²) >= 11 is 0. The van der Waals surface area contributed by atoms with Crippen LogP contribution in [0.25, 0.3) is 11.1 Å². The molecule has 0 fully saturated rings. The largest absolute Gasteiger partial charge is 0.496 e. The lowest BCUT2D eigenvalue weighted by atomic mass is 10.0. The van der Waals surface area contributed by atoms with Crippen LogP contribution in [-0.2, 0) is 12.4 Å². The van der Waals surface area contributed by atoms with Gasteiger partial charge in [0.25, 0.3) is 0 Å². The standard InChI is InChI=1S/C15H10F6O/c1-22-13-7-6-11(15(19,20)21)8-12(13)9-2-4-10(5-3-9)14(16,17)18/h2-8H,1H3. The number of methoxy groups -OCH3 is 1. The molecule has 0 aliphatic carbocycles. The summed E-state index contributed by atoms with van der Waals surface area (Å²) in [5, 5.41) is 0. The second-order valence-corrected chi connectivity index (χ2v) is 4.49. The van der Waals surface area contributed by atoms with Gasteiger partial charge < -0.3 is 4.74 Å². The smallest absolute Gasteiger partial charge is 0.416 e. The van der Waals surface area contributed by atoms with Gasteiger partial charge in [0.2, 0.25) is 0 Å². The maximum Gasteiger partial charge on any atom is 0.416 e. The predicted molar refractivity (Wildman–Crippen MR) is 68.4 cm³/mol. The molecule has 0 aliphatic heterocycles. The summed E-state index contributed by atoms with van der Waals surface area (Å²) in [6.07, 6.45) is -9.05. The molecule has 2 aromatic rings. The Labute approximate surface area is 122 Å². The van der Waals surface area contributed by atoms with Crippen LogP contribution in [0.5, 0.6) is 5.75 Å². The molecule has 0 atom stereocenters. The second-order valence-electron chi connectivity index (χ2n) is 4.49. The van der Waals surface area contributed by atoms with Gasteiger partial charge in [-0.25, -0.2) is 0 Å². The Balaban J connectivity index is 2.51. The van der Waals surface area contributed by atoms with Crippen molar-refractivity contribution in [2.45, 2.75) is 12.4 Å². The van der Waals surface area contributed by atoms with Gasteiger partial charge in [-0.3, -0.25) is 0 Å². The molecule has 1 nitrogen and oxygen atoms in total. The Morgan fingerprint density at radius 2 is 1.23 bits per heavy atom. The normalized spacial score (nSPS) is 12.3. The molecule has 2 rings (SSSR count). The van der Waals surface area contributed by atoms with Crippen LogP contribution in [-0.4, -0.2) is 7.11 Å². The first kappa shape index (κ1) is 16.2. The average Bonchev–Trinajstić information content (AvgIpc) is 2.45. The van der Waals surface area contributed by atoms with E-state index in [-0.39, 0.29) is 16.9 Å². The number of hydrogen-bond acceptors (Lipinski definition) is 1. The van der Waals surface area contributed by atoms with Crippen molar-refractivity contribution in [3.05, 3.63) is 53.6 Å². The minimum Gasteiger partial charge on any atom is -0.496 e. The predicted octanol–water partition coefficient (Wildman–Crippen LogP) is 5.40. The van der Waals surface area contributed by atoms with Crippen LogP contribution in [0.1, 0.15) is 11.1 Å². The van der Waals surface area contributed by atoms with Crippen LogP contribution in [0.15, 0.2) is 42.5 Å². The summed E-state index contributed by atoms with van der Waals surface area (Å²) in [4.78, 5) is 0. The molecule has 0 heterocycles. The Kier molecular flexibility index (Phi) is 4.08. The van der Waals surface area contributed by atoms with E-state index in [1.807, 2.05) is 0 Å². The van der Waals surface area contributed by atoms with E-state index >= 15 is 0 Å². The van der Waals surface area contributed by atoms with Gasteiger partial charge in [0.15, 0.2) is 0 Å². The van der Waals surface area contributed by atoms with E-state index in [9.17, 15) is 26.3 Å². The number of alkyl halides is 6. The highest BCUT2D eigenvalue weighted by Crippen LogP contribution is 2.38. The maximum absolute atomic E-state index is 12.8. The summed E-state index contributed by atoms with van der Waals surface area (Å²) in [5.41, 5.74) is -1.49. The Morgan fingerprint density at radius 3 is 1.68 bits per heavy atom. The van der Waals surface area contributed by atoms with Gasteiger partial charge >= 0.3 is 12.4 Å². The van der Waals surface area contributed by atoms with Crippen molar-refractivity contribution < 1.29 is 31.1 Å². The lowest BCUT2D eigenvalue weighted by Gasteiger charge is -2.14. The van der Waals surface area contributed by atoms with E-state index in [4.69, 9.17) is 4.74 Å². The van der Waals surface area contributed by atoms with Crippen molar-refractivity contribution in [1.82, 2.24) is 0 Å². The molecule has 7 heteroatoms. The summed E-state index contributed by atoms with van der Waals surface area (Å²) in [5.74, 6) is 0.146. The third kappa shape index (κ3) is 3.35. The highest BCUT2D eigenvalue weighted by atomic mass is 19.4. The van der Waals surface area contributed by atoms with Gasteiger partial charge in [0.1, 0.15) is 5.75 Å². The fraction of sp³-hybridized carbons (Fsp3) is 0.200. The lowest BCUT2D eigenvalue weighted by molar-refractivity contribution is -0.138. The van der Waals surface area contributed by atoms with E-state index in [0.717, 1.165) is 42.5 Å². The van der Waals surface area contributed by atoms with Crippen LogP contribution < -0.4 is 4.74 Å². The SMILES string of the molecule is COc1ccc(C(F)(F)F)cc1-c1ccc(C(F)(F)F)cc1. The molecule has 0 saturated heterocycles. The lowest BCUT2D eigenvalue weighted by Crippen LogP contribution is -2.06. The maximum atomic E-state index is 12.8. The summed E-state index contributed by atoms with van der Waals surface area (Å²) < 4.78 is 80.8. The van der Waals surface area contributed by atoms with Crippen molar-refractivity contribution >= 4 is 0 Å². The number of benzene rings is 2. The molecule has 0 spiro atoms. The fourth-order valence-electron chi connectivity index (χ4n) is 1.95. The van der Waals surface area contributed by atoms with Crippen LogP contribution in [0.4, 0.5) is 26.3 Å². The van der Waals surface area contributed by atoms with Crippen molar-refractivity contribution in [1.29, 1.82) is 0 Å². The van der Waals surface area contributed by atoms with Crippen molar-refractivity contribution in [3.8, 4) is 16.9 Å². The molecule has 0 radical (unpaired) electrons. The number of hydrogen-bond donors (Lipinski definition) is 0. The van der Waals surface area contributed by atoms with Crippen molar-refractivity contribution in [3.63, 3.8) is 0 Å². The highest BCUT2D eigenvalue weighted by molar-refractivity contribution is 5.71. The van der Waals surface area contributed by atoms with Crippen LogP contribution in [0.2, 0.25) is 0 Å². The minimum absolute atomic E-state index is 0.0750. The van der Waals surface area contributed by atoms with Crippen LogP contribution in [0, 0.1) is 0 Å². The topological polar surface area (TPSA) is 9.23 Å². The Morgan fingerprint density at radius 1 is 0.727 bits per heavy atom. The zero-order valence-electron chi connectivity index (χ0n) is 11.2. The minimum atomic E-state index is -4.55. The third-order valence-electron chi connectivity index (χ3n) is 3.05. The van der Waals surface area contributed by atoms with Gasteiger partial charge in [0, 0.05) is 5.56 Å². The van der Waals surface area contributed by atoms with Gasteiger partial charge in [-0.1, -0.05) is 12.1 Å². The number of ether oxygens (including phenoxy) is 1. The molecule has 22 heavy (non-hydrogen) atoms. The Bertz CT molecular complexity index is 655. The molecule has 0 bridgehead atoms. The number of halogens is 6. The monoisotopic (exact) mass is 320 g/mol. The van der Waals surface area contributed by atoms with Crippen LogP contribution >= 0.6 is 0 Å². The summed E-state index contributed by atoms with van der Waals surface area (Å²) in [7, 11) is 1.27. The van der Waals surface area contributed by atoms with Gasteiger partial charge in [0.05, 0.1) is 18.2 Å². The second kappa shape index (κ2) is 5.55. The molecule has 0 aliphatic rings. The van der Waals surface area contributed by atoms with Gasteiger partial charge in [-0.2, -0.15) is 26.3 Å². The zero-order chi connectivity index (χ0) is 16.5. The molecule has 118 valence electrons. The highest BCUT2D eigenvalue weighted by Gasteiger charge is 2.32. The van der Waals surface area contributed by atoms with Gasteiger partial charge in [-0.15, -0.1) is 0 Å². The molecule has 0 amide bonds. The van der Waals surface area contributed by atoms with Crippen LogP contribution in [0.3, 0.4) is 0 Å². The van der Waals surface area contributed by atoms with Crippen molar-refractivity contribution in [2.75, 3.05) is 7.11 Å². The van der Waals surface area contributed by atoms with E-state index in [1.165, 1.54) is 7.11 Å². The first-order valence-electron chi connectivity index (χ1n) is 6.06. The summed E-state index contributed by atoms with van der Waals surface area (Å²) in [6.45, 7) is 0. The first-order valence-corrected chi connectivity index (χ1v) is 6.06. The van der Waals surface area contributed by atoms with Crippen molar-refractivity contribution in [2.24, 2.45) is 0 Å². The molecular formula is C15H10F6O. The van der Waals surface area contributed by atoms with E-state index < -0.39 is 23.5 Å². The van der Waals surface area contributed by atoms with E-state index in [2.05, 4.69) is 0 Å². The van der Waals surface area contributed by atoms with E-state index in [1.54, 1.807) is 0 Å². The average molecular weight is 320 g/mol.